The highest BCUT2D eigenvalue weighted by Crippen LogP contribution is 2.38. The number of hydrogen-bond acceptors (Lipinski definition) is 2. The molecule has 2 fully saturated rings. The lowest BCUT2D eigenvalue weighted by molar-refractivity contribution is 0.111. The van der Waals surface area contributed by atoms with E-state index in [1.54, 1.807) is 0 Å². The highest BCUT2D eigenvalue weighted by atomic mass is 15.2. The normalized spacial score (nSPS) is 25.7. The molecule has 1 saturated heterocycles. The Balaban J connectivity index is 1.68. The van der Waals surface area contributed by atoms with Gasteiger partial charge in [0.1, 0.15) is 5.82 Å². The van der Waals surface area contributed by atoms with Gasteiger partial charge < -0.3 is 4.98 Å². The molecule has 1 aromatic heterocycles. The van der Waals surface area contributed by atoms with Crippen molar-refractivity contribution in [2.75, 3.05) is 6.54 Å². The van der Waals surface area contributed by atoms with Crippen LogP contribution in [-0.4, -0.2) is 27.5 Å². The van der Waals surface area contributed by atoms with Crippen molar-refractivity contribution in [1.29, 1.82) is 0 Å². The zero-order chi connectivity index (χ0) is 11.9. The molecule has 1 saturated carbocycles. The van der Waals surface area contributed by atoms with Crippen molar-refractivity contribution in [3.05, 3.63) is 30.1 Å². The van der Waals surface area contributed by atoms with Crippen LogP contribution in [0, 0.1) is 0 Å². The molecular formula is C15H19N3. The van der Waals surface area contributed by atoms with Gasteiger partial charge in [-0.3, -0.25) is 4.90 Å². The molecular weight excluding hydrogens is 222 g/mol. The fraction of sp³-hybridized carbons (Fsp3) is 0.533. The smallest absolute Gasteiger partial charge is 0.124 e. The highest BCUT2D eigenvalue weighted by Gasteiger charge is 2.35. The SMILES string of the molecule is c1ccc2[nH]c([C@H]3CCCN3C3CCC3)nc2c1. The van der Waals surface area contributed by atoms with E-state index in [1.807, 2.05) is 0 Å². The zero-order valence-electron chi connectivity index (χ0n) is 10.6. The molecule has 1 N–H and O–H groups in total. The summed E-state index contributed by atoms with van der Waals surface area (Å²) in [5.74, 6) is 1.18. The number of benzene rings is 1. The first-order valence-electron chi connectivity index (χ1n) is 7.12. The number of fused-ring (bicyclic) bond motifs is 1. The maximum Gasteiger partial charge on any atom is 0.124 e. The minimum Gasteiger partial charge on any atom is -0.341 e. The molecule has 1 aromatic carbocycles. The summed E-state index contributed by atoms with van der Waals surface area (Å²) in [6.07, 6.45) is 6.76. The monoisotopic (exact) mass is 241 g/mol. The number of imidazole rings is 1. The number of para-hydroxylation sites is 2. The Morgan fingerprint density at radius 1 is 1.11 bits per heavy atom. The lowest BCUT2D eigenvalue weighted by Gasteiger charge is -2.37. The average Bonchev–Trinajstić information content (AvgIpc) is 2.91. The second-order valence-electron chi connectivity index (χ2n) is 5.62. The number of hydrogen-bond donors (Lipinski definition) is 1. The lowest BCUT2D eigenvalue weighted by Crippen LogP contribution is -2.39. The van der Waals surface area contributed by atoms with E-state index < -0.39 is 0 Å². The highest BCUT2D eigenvalue weighted by molar-refractivity contribution is 5.74. The molecule has 1 aliphatic carbocycles. The van der Waals surface area contributed by atoms with Gasteiger partial charge in [-0.2, -0.15) is 0 Å². The summed E-state index contributed by atoms with van der Waals surface area (Å²) < 4.78 is 0. The minimum absolute atomic E-state index is 0.530. The van der Waals surface area contributed by atoms with Crippen molar-refractivity contribution in [3.8, 4) is 0 Å². The standard InChI is InChI=1S/C15H19N3/c1-2-8-13-12(7-1)16-15(17-13)14-9-4-10-18(14)11-5-3-6-11/h1-2,7-8,11,14H,3-6,9-10H2,(H,16,17)/t14-/m1/s1. The Kier molecular flexibility index (Phi) is 2.40. The molecule has 1 aliphatic heterocycles. The molecule has 2 heterocycles. The predicted octanol–water partition coefficient (Wildman–Crippen LogP) is 3.25. The maximum absolute atomic E-state index is 4.79. The molecule has 3 heteroatoms. The minimum atomic E-state index is 0.530. The largest absolute Gasteiger partial charge is 0.341 e. The lowest BCUT2D eigenvalue weighted by atomic mass is 9.91. The van der Waals surface area contributed by atoms with Crippen LogP contribution in [0.2, 0.25) is 0 Å². The first-order valence-corrected chi connectivity index (χ1v) is 7.12. The van der Waals surface area contributed by atoms with Crippen LogP contribution in [0.25, 0.3) is 11.0 Å². The fourth-order valence-corrected chi connectivity index (χ4v) is 3.37. The van der Waals surface area contributed by atoms with E-state index in [2.05, 4.69) is 34.1 Å². The first kappa shape index (κ1) is 10.6. The van der Waals surface area contributed by atoms with Crippen molar-refractivity contribution in [2.45, 2.75) is 44.2 Å². The van der Waals surface area contributed by atoms with Crippen LogP contribution in [-0.2, 0) is 0 Å². The van der Waals surface area contributed by atoms with E-state index in [1.165, 1.54) is 50.0 Å². The van der Waals surface area contributed by atoms with Gasteiger partial charge in [-0.25, -0.2) is 4.98 Å². The Bertz CT molecular complexity index is 523. The second-order valence-corrected chi connectivity index (χ2v) is 5.62. The van der Waals surface area contributed by atoms with Crippen molar-refractivity contribution in [1.82, 2.24) is 14.9 Å². The third-order valence-corrected chi connectivity index (χ3v) is 4.56. The van der Waals surface area contributed by atoms with Gasteiger partial charge in [0, 0.05) is 6.04 Å². The molecule has 2 aromatic rings. The number of nitrogens with zero attached hydrogens (tertiary/aromatic N) is 2. The number of aromatic amines is 1. The van der Waals surface area contributed by atoms with Gasteiger partial charge in [0.15, 0.2) is 0 Å². The van der Waals surface area contributed by atoms with Crippen LogP contribution < -0.4 is 0 Å². The fourth-order valence-electron chi connectivity index (χ4n) is 3.37. The van der Waals surface area contributed by atoms with E-state index in [0.29, 0.717) is 6.04 Å². The van der Waals surface area contributed by atoms with Crippen molar-refractivity contribution < 1.29 is 0 Å². The zero-order valence-corrected chi connectivity index (χ0v) is 10.6. The second kappa shape index (κ2) is 4.09. The van der Waals surface area contributed by atoms with Gasteiger partial charge in [0.05, 0.1) is 17.1 Å². The van der Waals surface area contributed by atoms with E-state index in [4.69, 9.17) is 4.98 Å². The van der Waals surface area contributed by atoms with Gasteiger partial charge in [0.2, 0.25) is 0 Å². The summed E-state index contributed by atoms with van der Waals surface area (Å²) in [7, 11) is 0. The number of nitrogens with one attached hydrogen (secondary N) is 1. The first-order chi connectivity index (χ1) is 8.92. The third kappa shape index (κ3) is 1.57. The quantitative estimate of drug-likeness (QED) is 0.875. The maximum atomic E-state index is 4.79. The topological polar surface area (TPSA) is 31.9 Å². The van der Waals surface area contributed by atoms with Crippen LogP contribution in [0.4, 0.5) is 0 Å². The van der Waals surface area contributed by atoms with E-state index >= 15 is 0 Å². The summed E-state index contributed by atoms with van der Waals surface area (Å²) >= 11 is 0. The average molecular weight is 241 g/mol. The molecule has 0 radical (unpaired) electrons. The molecule has 2 aliphatic rings. The van der Waals surface area contributed by atoms with Gasteiger partial charge in [-0.1, -0.05) is 18.6 Å². The van der Waals surface area contributed by atoms with Crippen LogP contribution >= 0.6 is 0 Å². The van der Waals surface area contributed by atoms with E-state index in [0.717, 1.165) is 11.6 Å². The van der Waals surface area contributed by atoms with Crippen LogP contribution in [0.1, 0.15) is 44.0 Å². The van der Waals surface area contributed by atoms with Gasteiger partial charge >= 0.3 is 0 Å². The predicted molar refractivity (Wildman–Crippen MR) is 72.4 cm³/mol. The van der Waals surface area contributed by atoms with E-state index in [-0.39, 0.29) is 0 Å². The number of aromatic nitrogens is 2. The Morgan fingerprint density at radius 3 is 2.78 bits per heavy atom. The molecule has 1 atom stereocenters. The number of likely N-dealkylation sites (tertiary alicyclic amines) is 1. The van der Waals surface area contributed by atoms with Crippen molar-refractivity contribution in [3.63, 3.8) is 0 Å². The number of H-pyrrole nitrogens is 1. The molecule has 3 nitrogen and oxygen atoms in total. The molecule has 0 bridgehead atoms. The van der Waals surface area contributed by atoms with Crippen LogP contribution in [0.3, 0.4) is 0 Å². The molecule has 0 unspecified atom stereocenters. The molecule has 4 rings (SSSR count). The summed E-state index contributed by atoms with van der Waals surface area (Å²) in [6, 6.07) is 9.70. The van der Waals surface area contributed by atoms with Crippen molar-refractivity contribution in [2.24, 2.45) is 0 Å². The molecule has 18 heavy (non-hydrogen) atoms. The van der Waals surface area contributed by atoms with Gasteiger partial charge in [-0.15, -0.1) is 0 Å². The van der Waals surface area contributed by atoms with Crippen molar-refractivity contribution >= 4 is 11.0 Å². The van der Waals surface area contributed by atoms with Crippen LogP contribution in [0.5, 0.6) is 0 Å². The number of rotatable bonds is 2. The van der Waals surface area contributed by atoms with E-state index in [9.17, 15) is 0 Å². The third-order valence-electron chi connectivity index (χ3n) is 4.56. The molecule has 94 valence electrons. The summed E-state index contributed by atoms with van der Waals surface area (Å²) in [5, 5.41) is 0. The summed E-state index contributed by atoms with van der Waals surface area (Å²) in [5.41, 5.74) is 2.28. The van der Waals surface area contributed by atoms with Crippen LogP contribution in [0.15, 0.2) is 24.3 Å². The molecule has 0 spiro atoms. The Morgan fingerprint density at radius 2 is 2.00 bits per heavy atom. The molecule has 0 amide bonds. The summed E-state index contributed by atoms with van der Waals surface area (Å²) in [6.45, 7) is 1.26. The van der Waals surface area contributed by atoms with Gasteiger partial charge in [-0.05, 0) is 44.4 Å². The Labute approximate surface area is 107 Å². The Hall–Kier alpha value is -1.35. The summed E-state index contributed by atoms with van der Waals surface area (Å²) in [4.78, 5) is 11.0. The van der Waals surface area contributed by atoms with Gasteiger partial charge in [0.25, 0.3) is 0 Å².